The van der Waals surface area contributed by atoms with Crippen molar-refractivity contribution in [3.8, 4) is 0 Å². The number of piperidine rings is 1. The van der Waals surface area contributed by atoms with E-state index in [0.29, 0.717) is 24.5 Å². The van der Waals surface area contributed by atoms with Crippen molar-refractivity contribution in [3.05, 3.63) is 58.9 Å². The van der Waals surface area contributed by atoms with Crippen LogP contribution in [0, 0.1) is 6.92 Å². The molecular weight excluding hydrogens is 316 g/mol. The van der Waals surface area contributed by atoms with Gasteiger partial charge in [-0.3, -0.25) is 9.69 Å². The minimum Gasteiger partial charge on any atom is -0.478 e. The highest BCUT2D eigenvalue weighted by Crippen LogP contribution is 2.19. The molecule has 1 N–H and O–H groups in total. The number of aromatic nitrogens is 1. The molecular formula is C20H24N2O3. The van der Waals surface area contributed by atoms with Crippen LogP contribution in [0.4, 0.5) is 0 Å². The molecule has 5 nitrogen and oxygen atoms in total. The van der Waals surface area contributed by atoms with Crippen molar-refractivity contribution in [2.45, 2.75) is 32.7 Å². The Hall–Kier alpha value is -2.40. The molecule has 1 aliphatic heterocycles. The number of hydrogen-bond donors (Lipinski definition) is 1. The Kier molecular flexibility index (Phi) is 5.34. The van der Waals surface area contributed by atoms with Crippen LogP contribution in [0.3, 0.4) is 0 Å². The Bertz CT molecular complexity index is 759. The molecule has 0 amide bonds. The molecule has 0 atom stereocenters. The number of rotatable bonds is 6. The lowest BCUT2D eigenvalue weighted by Gasteiger charge is -2.25. The van der Waals surface area contributed by atoms with Gasteiger partial charge < -0.3 is 9.67 Å². The highest BCUT2D eigenvalue weighted by Gasteiger charge is 2.23. The zero-order chi connectivity index (χ0) is 17.8. The van der Waals surface area contributed by atoms with E-state index in [4.69, 9.17) is 0 Å². The van der Waals surface area contributed by atoms with E-state index < -0.39 is 5.97 Å². The van der Waals surface area contributed by atoms with Crippen LogP contribution in [0.1, 0.15) is 51.4 Å². The first-order chi connectivity index (χ1) is 12.1. The largest absolute Gasteiger partial charge is 0.478 e. The van der Waals surface area contributed by atoms with E-state index in [1.54, 1.807) is 6.92 Å². The average Bonchev–Trinajstić information content (AvgIpc) is 2.94. The zero-order valence-electron chi connectivity index (χ0n) is 14.6. The number of carboxylic acid groups (broad SMARTS) is 1. The molecule has 0 unspecified atom stereocenters. The first-order valence-corrected chi connectivity index (χ1v) is 8.79. The highest BCUT2D eigenvalue weighted by molar-refractivity contribution is 6.00. The SMILES string of the molecule is Cc1c(C(=O)O)cc(C(=O)CN2CCCCC2)n1Cc1ccccc1. The number of benzene rings is 1. The van der Waals surface area contributed by atoms with Gasteiger partial charge in [0.1, 0.15) is 0 Å². The predicted octanol–water partition coefficient (Wildman–Crippen LogP) is 3.21. The van der Waals surface area contributed by atoms with Crippen LogP contribution in [0.25, 0.3) is 0 Å². The maximum absolute atomic E-state index is 12.9. The summed E-state index contributed by atoms with van der Waals surface area (Å²) in [6, 6.07) is 11.3. The second kappa shape index (κ2) is 7.66. The van der Waals surface area contributed by atoms with Crippen LogP contribution in [0.5, 0.6) is 0 Å². The van der Waals surface area contributed by atoms with Crippen molar-refractivity contribution in [3.63, 3.8) is 0 Å². The number of carbonyl (C=O) groups is 2. The number of aromatic carboxylic acids is 1. The number of nitrogens with zero attached hydrogens (tertiary/aromatic N) is 2. The summed E-state index contributed by atoms with van der Waals surface area (Å²) in [7, 11) is 0. The van der Waals surface area contributed by atoms with E-state index >= 15 is 0 Å². The molecule has 1 aliphatic rings. The highest BCUT2D eigenvalue weighted by atomic mass is 16.4. The van der Waals surface area contributed by atoms with Crippen LogP contribution in [-0.2, 0) is 6.54 Å². The van der Waals surface area contributed by atoms with Gasteiger partial charge in [-0.05, 0) is 44.5 Å². The van der Waals surface area contributed by atoms with Crippen molar-refractivity contribution in [2.24, 2.45) is 0 Å². The van der Waals surface area contributed by atoms with Gasteiger partial charge in [-0.2, -0.15) is 0 Å². The summed E-state index contributed by atoms with van der Waals surface area (Å²) in [6.07, 6.45) is 3.47. The molecule has 5 heteroatoms. The van der Waals surface area contributed by atoms with Crippen molar-refractivity contribution < 1.29 is 14.7 Å². The van der Waals surface area contributed by atoms with Gasteiger partial charge in [0.15, 0.2) is 5.78 Å². The molecule has 0 aliphatic carbocycles. The summed E-state index contributed by atoms with van der Waals surface area (Å²) in [5.41, 5.74) is 2.37. The van der Waals surface area contributed by atoms with Crippen LogP contribution in [0.15, 0.2) is 36.4 Å². The van der Waals surface area contributed by atoms with E-state index in [0.717, 1.165) is 31.5 Å². The van der Waals surface area contributed by atoms with Crippen molar-refractivity contribution >= 4 is 11.8 Å². The molecule has 1 fully saturated rings. The molecule has 1 aromatic carbocycles. The topological polar surface area (TPSA) is 62.5 Å². The number of carbonyl (C=O) groups excluding carboxylic acids is 1. The third kappa shape index (κ3) is 3.99. The minimum atomic E-state index is -0.990. The van der Waals surface area contributed by atoms with Crippen LogP contribution < -0.4 is 0 Å². The van der Waals surface area contributed by atoms with Crippen LogP contribution in [0.2, 0.25) is 0 Å². The lowest BCUT2D eigenvalue weighted by atomic mass is 10.1. The Morgan fingerprint density at radius 2 is 1.76 bits per heavy atom. The molecule has 2 aromatic rings. The van der Waals surface area contributed by atoms with Crippen molar-refractivity contribution in [1.82, 2.24) is 9.47 Å². The van der Waals surface area contributed by atoms with Gasteiger partial charge in [-0.25, -0.2) is 4.79 Å². The number of ketones is 1. The molecule has 0 spiro atoms. The standard InChI is InChI=1S/C20H24N2O3/c1-15-17(20(24)25)12-18(19(23)14-21-10-6-3-7-11-21)22(15)13-16-8-4-2-5-9-16/h2,4-5,8-9,12H,3,6-7,10-11,13-14H2,1H3,(H,24,25). The van der Waals surface area contributed by atoms with Gasteiger partial charge in [0.2, 0.25) is 0 Å². The normalized spacial score (nSPS) is 15.2. The number of Topliss-reactive ketones (excluding diaryl/α,β-unsaturated/α-hetero) is 1. The smallest absolute Gasteiger partial charge is 0.337 e. The Labute approximate surface area is 147 Å². The Morgan fingerprint density at radius 1 is 1.08 bits per heavy atom. The summed E-state index contributed by atoms with van der Waals surface area (Å²) in [5.74, 6) is -0.996. The summed E-state index contributed by atoms with van der Waals surface area (Å²) < 4.78 is 1.84. The van der Waals surface area contributed by atoms with Crippen LogP contribution in [-0.4, -0.2) is 46.0 Å². The molecule has 2 heterocycles. The fourth-order valence-electron chi connectivity index (χ4n) is 3.46. The maximum Gasteiger partial charge on any atom is 0.337 e. The number of carboxylic acids is 1. The Morgan fingerprint density at radius 3 is 2.40 bits per heavy atom. The molecule has 3 rings (SSSR count). The lowest BCUT2D eigenvalue weighted by molar-refractivity contribution is 0.0696. The Balaban J connectivity index is 1.89. The third-order valence-corrected chi connectivity index (χ3v) is 4.88. The fraction of sp³-hybridized carbons (Fsp3) is 0.400. The molecule has 25 heavy (non-hydrogen) atoms. The molecule has 1 aromatic heterocycles. The molecule has 0 saturated carbocycles. The van der Waals surface area contributed by atoms with Crippen LogP contribution >= 0.6 is 0 Å². The van der Waals surface area contributed by atoms with Crippen molar-refractivity contribution in [1.29, 1.82) is 0 Å². The van der Waals surface area contributed by atoms with Gasteiger partial charge in [-0.1, -0.05) is 36.8 Å². The van der Waals surface area contributed by atoms with Gasteiger partial charge >= 0.3 is 5.97 Å². The molecule has 132 valence electrons. The summed E-state index contributed by atoms with van der Waals surface area (Å²) in [6.45, 7) is 4.51. The monoisotopic (exact) mass is 340 g/mol. The van der Waals surface area contributed by atoms with E-state index in [-0.39, 0.29) is 11.3 Å². The summed E-state index contributed by atoms with van der Waals surface area (Å²) in [5, 5.41) is 9.44. The first kappa shape index (κ1) is 17.4. The van der Waals surface area contributed by atoms with Gasteiger partial charge in [-0.15, -0.1) is 0 Å². The number of likely N-dealkylation sites (tertiary alicyclic amines) is 1. The third-order valence-electron chi connectivity index (χ3n) is 4.88. The zero-order valence-corrected chi connectivity index (χ0v) is 14.6. The van der Waals surface area contributed by atoms with E-state index in [1.807, 2.05) is 34.9 Å². The molecule has 1 saturated heterocycles. The summed E-state index contributed by atoms with van der Waals surface area (Å²) >= 11 is 0. The first-order valence-electron chi connectivity index (χ1n) is 8.79. The lowest BCUT2D eigenvalue weighted by Crippen LogP contribution is -2.35. The predicted molar refractivity (Wildman–Crippen MR) is 96.3 cm³/mol. The second-order valence-electron chi connectivity index (χ2n) is 6.67. The molecule has 0 radical (unpaired) electrons. The maximum atomic E-state index is 12.9. The quantitative estimate of drug-likeness (QED) is 0.820. The van der Waals surface area contributed by atoms with Crippen molar-refractivity contribution in [2.75, 3.05) is 19.6 Å². The summed E-state index contributed by atoms with van der Waals surface area (Å²) in [4.78, 5) is 26.5. The fourth-order valence-corrected chi connectivity index (χ4v) is 3.46. The van der Waals surface area contributed by atoms with Gasteiger partial charge in [0.25, 0.3) is 0 Å². The van der Waals surface area contributed by atoms with E-state index in [9.17, 15) is 14.7 Å². The van der Waals surface area contributed by atoms with Gasteiger partial charge in [0, 0.05) is 12.2 Å². The average molecular weight is 340 g/mol. The number of hydrogen-bond acceptors (Lipinski definition) is 3. The minimum absolute atomic E-state index is 0.00608. The second-order valence-corrected chi connectivity index (χ2v) is 6.67. The van der Waals surface area contributed by atoms with E-state index in [1.165, 1.54) is 12.5 Å². The molecule has 0 bridgehead atoms. The van der Waals surface area contributed by atoms with E-state index in [2.05, 4.69) is 4.90 Å². The van der Waals surface area contributed by atoms with Gasteiger partial charge in [0.05, 0.1) is 17.8 Å².